The lowest BCUT2D eigenvalue weighted by molar-refractivity contribution is 0.896. The molecule has 0 aliphatic heterocycles. The van der Waals surface area contributed by atoms with Crippen LogP contribution in [0.15, 0.2) is 0 Å². The molecule has 0 N–H and O–H groups in total. The first kappa shape index (κ1) is 6.47. The van der Waals surface area contributed by atoms with Crippen molar-refractivity contribution in [1.29, 1.82) is 0 Å². The summed E-state index contributed by atoms with van der Waals surface area (Å²) in [5.74, 6) is 1.40. The predicted octanol–water partition coefficient (Wildman–Crippen LogP) is 2.68. The fourth-order valence-corrected chi connectivity index (χ4v) is 1.89. The summed E-state index contributed by atoms with van der Waals surface area (Å²) in [5.41, 5.74) is 0. The van der Waals surface area contributed by atoms with Crippen molar-refractivity contribution in [1.82, 2.24) is 0 Å². The third-order valence-electron chi connectivity index (χ3n) is 1.38. The molecule has 0 nitrogen and oxygen atoms in total. The lowest BCUT2D eigenvalue weighted by atomic mass is 10.4. The van der Waals surface area contributed by atoms with Gasteiger partial charge in [0.05, 0.1) is 0 Å². The zero-order valence-electron chi connectivity index (χ0n) is 5.52. The predicted molar refractivity (Wildman–Crippen MR) is 40.4 cm³/mol. The quantitative estimate of drug-likeness (QED) is 0.527. The van der Waals surface area contributed by atoms with E-state index in [0.717, 1.165) is 5.25 Å². The van der Waals surface area contributed by atoms with E-state index in [1.54, 1.807) is 0 Å². The van der Waals surface area contributed by atoms with Gasteiger partial charge in [0, 0.05) is 5.25 Å². The molecule has 1 saturated carbocycles. The third-order valence-corrected chi connectivity index (χ3v) is 2.84. The average molecular weight is 130 g/mol. The van der Waals surface area contributed by atoms with E-state index in [9.17, 15) is 0 Å². The molecule has 0 unspecified atom stereocenters. The summed E-state index contributed by atoms with van der Waals surface area (Å²) in [7, 11) is 0. The fourth-order valence-electron chi connectivity index (χ4n) is 0.629. The molecule has 1 rings (SSSR count). The number of hydrogen-bond acceptors (Lipinski definition) is 1. The maximum atomic E-state index is 2.26. The maximum absolute atomic E-state index is 2.26. The summed E-state index contributed by atoms with van der Waals surface area (Å²) < 4.78 is 0. The largest absolute Gasteiger partial charge is 0.159 e. The van der Waals surface area contributed by atoms with Gasteiger partial charge in [0.1, 0.15) is 0 Å². The van der Waals surface area contributed by atoms with Crippen molar-refractivity contribution in [2.45, 2.75) is 37.9 Å². The molecule has 0 atom stereocenters. The molecule has 0 aromatic heterocycles. The van der Waals surface area contributed by atoms with Crippen LogP contribution in [0.25, 0.3) is 0 Å². The van der Waals surface area contributed by atoms with Gasteiger partial charge >= 0.3 is 0 Å². The fraction of sp³-hybridized carbons (Fsp3) is 1.00. The van der Waals surface area contributed by atoms with E-state index >= 15 is 0 Å². The summed E-state index contributed by atoms with van der Waals surface area (Å²) in [5, 5.41) is 1.07. The Labute approximate surface area is 56.0 Å². The molecule has 0 aromatic rings. The summed E-state index contributed by atoms with van der Waals surface area (Å²) in [6.45, 7) is 2.26. The van der Waals surface area contributed by atoms with Crippen LogP contribution >= 0.6 is 11.8 Å². The first-order valence-corrected chi connectivity index (χ1v) is 4.60. The van der Waals surface area contributed by atoms with Crippen LogP contribution in [0.1, 0.15) is 32.6 Å². The highest BCUT2D eigenvalue weighted by Crippen LogP contribution is 2.34. The van der Waals surface area contributed by atoms with Gasteiger partial charge in [0.15, 0.2) is 0 Å². The van der Waals surface area contributed by atoms with Crippen LogP contribution in [-0.4, -0.2) is 11.0 Å². The summed E-state index contributed by atoms with van der Waals surface area (Å²) >= 11 is 2.17. The van der Waals surface area contributed by atoms with Gasteiger partial charge in [-0.2, -0.15) is 11.8 Å². The Morgan fingerprint density at radius 3 is 2.75 bits per heavy atom. The number of unbranched alkanes of at least 4 members (excludes halogenated alkanes) is 1. The molecule has 0 aromatic carbocycles. The molecule has 1 aliphatic carbocycles. The van der Waals surface area contributed by atoms with E-state index in [-0.39, 0.29) is 0 Å². The lowest BCUT2D eigenvalue weighted by Crippen LogP contribution is -1.78. The van der Waals surface area contributed by atoms with Crippen LogP contribution in [0.4, 0.5) is 0 Å². The molecule has 1 aliphatic rings. The van der Waals surface area contributed by atoms with Crippen molar-refractivity contribution in [3.05, 3.63) is 0 Å². The molecule has 0 heterocycles. The molecule has 0 spiro atoms. The highest BCUT2D eigenvalue weighted by atomic mass is 32.2. The molecule has 0 bridgehead atoms. The second-order valence-electron chi connectivity index (χ2n) is 2.42. The van der Waals surface area contributed by atoms with E-state index < -0.39 is 0 Å². The molecule has 1 fully saturated rings. The highest BCUT2D eigenvalue weighted by molar-refractivity contribution is 8.00. The van der Waals surface area contributed by atoms with Crippen LogP contribution < -0.4 is 0 Å². The Balaban J connectivity index is 1.74. The maximum Gasteiger partial charge on any atom is 0.00478 e. The zero-order chi connectivity index (χ0) is 5.82. The van der Waals surface area contributed by atoms with Gasteiger partial charge in [-0.15, -0.1) is 0 Å². The number of rotatable bonds is 4. The van der Waals surface area contributed by atoms with Crippen molar-refractivity contribution in [3.63, 3.8) is 0 Å². The molecule has 0 saturated heterocycles. The number of hydrogen-bond donors (Lipinski definition) is 0. The van der Waals surface area contributed by atoms with Crippen LogP contribution in [-0.2, 0) is 0 Å². The van der Waals surface area contributed by atoms with Crippen LogP contribution in [0.5, 0.6) is 0 Å². The van der Waals surface area contributed by atoms with Gasteiger partial charge < -0.3 is 0 Å². The number of thioether (sulfide) groups is 1. The monoisotopic (exact) mass is 130 g/mol. The van der Waals surface area contributed by atoms with Crippen LogP contribution in [0.3, 0.4) is 0 Å². The van der Waals surface area contributed by atoms with Crippen LogP contribution in [0, 0.1) is 0 Å². The van der Waals surface area contributed by atoms with Gasteiger partial charge in [-0.05, 0) is 25.0 Å². The Morgan fingerprint density at radius 2 is 2.25 bits per heavy atom. The molecular weight excluding hydrogens is 116 g/mol. The lowest BCUT2D eigenvalue weighted by Gasteiger charge is -1.93. The normalized spacial score (nSPS) is 19.1. The second-order valence-corrected chi connectivity index (χ2v) is 3.83. The first-order chi connectivity index (χ1) is 3.93. The van der Waals surface area contributed by atoms with E-state index in [1.165, 1.54) is 31.4 Å². The summed E-state index contributed by atoms with van der Waals surface area (Å²) in [6, 6.07) is 0. The second kappa shape index (κ2) is 3.39. The van der Waals surface area contributed by atoms with Crippen molar-refractivity contribution in [2.75, 3.05) is 5.75 Å². The Morgan fingerprint density at radius 1 is 1.50 bits per heavy atom. The van der Waals surface area contributed by atoms with E-state index in [0.29, 0.717) is 0 Å². The Hall–Kier alpha value is 0.350. The SMILES string of the molecule is CCCCSC1CC1. The van der Waals surface area contributed by atoms with Crippen LogP contribution in [0.2, 0.25) is 0 Å². The van der Waals surface area contributed by atoms with Crippen molar-refractivity contribution < 1.29 is 0 Å². The summed E-state index contributed by atoms with van der Waals surface area (Å²) in [4.78, 5) is 0. The molecular formula is C7H14S. The van der Waals surface area contributed by atoms with Crippen molar-refractivity contribution in [3.8, 4) is 0 Å². The minimum atomic E-state index is 1.07. The van der Waals surface area contributed by atoms with E-state index in [2.05, 4.69) is 18.7 Å². The van der Waals surface area contributed by atoms with E-state index in [1.807, 2.05) is 0 Å². The van der Waals surface area contributed by atoms with Gasteiger partial charge in [-0.1, -0.05) is 13.3 Å². The Bertz CT molecular complexity index is 57.4. The van der Waals surface area contributed by atoms with Gasteiger partial charge in [-0.3, -0.25) is 0 Å². The van der Waals surface area contributed by atoms with Crippen molar-refractivity contribution in [2.24, 2.45) is 0 Å². The minimum absolute atomic E-state index is 1.07. The van der Waals surface area contributed by atoms with Gasteiger partial charge in [-0.25, -0.2) is 0 Å². The first-order valence-electron chi connectivity index (χ1n) is 3.55. The van der Waals surface area contributed by atoms with Crippen molar-refractivity contribution >= 4 is 11.8 Å². The standard InChI is InChI=1S/C7H14S/c1-2-3-6-8-7-4-5-7/h7H,2-6H2,1H3. The zero-order valence-corrected chi connectivity index (χ0v) is 6.34. The van der Waals surface area contributed by atoms with Gasteiger partial charge in [0.25, 0.3) is 0 Å². The topological polar surface area (TPSA) is 0 Å². The molecule has 0 radical (unpaired) electrons. The molecule has 1 heteroatoms. The summed E-state index contributed by atoms with van der Waals surface area (Å²) in [6.07, 6.45) is 5.77. The highest BCUT2D eigenvalue weighted by Gasteiger charge is 2.20. The van der Waals surface area contributed by atoms with Gasteiger partial charge in [0.2, 0.25) is 0 Å². The molecule has 8 heavy (non-hydrogen) atoms. The average Bonchev–Trinajstić information content (AvgIpc) is 2.51. The molecule has 48 valence electrons. The third kappa shape index (κ3) is 2.61. The smallest absolute Gasteiger partial charge is 0.00478 e. The van der Waals surface area contributed by atoms with E-state index in [4.69, 9.17) is 0 Å². The minimum Gasteiger partial charge on any atom is -0.159 e. The molecule has 0 amide bonds. The Kier molecular flexibility index (Phi) is 2.74.